The number of hydrogen-bond acceptors (Lipinski definition) is 4. The molecule has 1 aliphatic rings. The van der Waals surface area contributed by atoms with Crippen LogP contribution in [0.15, 0.2) is 58.1 Å². The highest BCUT2D eigenvalue weighted by Crippen LogP contribution is 2.28. The third-order valence-corrected chi connectivity index (χ3v) is 6.21. The highest BCUT2D eigenvalue weighted by Gasteiger charge is 2.23. The van der Waals surface area contributed by atoms with Gasteiger partial charge in [0.2, 0.25) is 0 Å². The fraction of sp³-hybridized carbons (Fsp3) is 0.292. The average Bonchev–Trinajstić information content (AvgIpc) is 3.16. The van der Waals surface area contributed by atoms with E-state index in [1.807, 2.05) is 24.3 Å². The van der Waals surface area contributed by atoms with Crippen molar-refractivity contribution in [1.29, 1.82) is 0 Å². The van der Waals surface area contributed by atoms with Crippen LogP contribution in [0.4, 0.5) is 10.1 Å². The van der Waals surface area contributed by atoms with Gasteiger partial charge < -0.3 is 10.7 Å². The molecule has 2 aromatic carbocycles. The maximum Gasteiger partial charge on any atom is 0.333 e. The van der Waals surface area contributed by atoms with E-state index in [2.05, 4.69) is 9.97 Å². The molecule has 2 heterocycles. The number of aromatic nitrogens is 4. The largest absolute Gasteiger partial charge is 0.399 e. The molecule has 5 rings (SSSR count). The molecule has 0 atom stereocenters. The third kappa shape index (κ3) is 3.72. The normalized spacial score (nSPS) is 14.0. The maximum absolute atomic E-state index is 14.2. The summed E-state index contributed by atoms with van der Waals surface area (Å²) in [6.45, 7) is 0.371. The summed E-state index contributed by atoms with van der Waals surface area (Å²) in [5.41, 5.74) is 7.39. The summed E-state index contributed by atoms with van der Waals surface area (Å²) in [5, 5.41) is 0. The van der Waals surface area contributed by atoms with Gasteiger partial charge in [0, 0.05) is 24.2 Å². The van der Waals surface area contributed by atoms with Gasteiger partial charge in [-0.05, 0) is 42.5 Å². The number of halogens is 1. The molecule has 32 heavy (non-hydrogen) atoms. The number of nitrogens with zero attached hydrogens (tertiary/aromatic N) is 3. The minimum absolute atomic E-state index is 0.128. The number of hydrogen-bond donors (Lipinski definition) is 2. The molecule has 164 valence electrons. The molecule has 0 bridgehead atoms. The zero-order valence-corrected chi connectivity index (χ0v) is 17.6. The fourth-order valence-corrected chi connectivity index (χ4v) is 4.16. The van der Waals surface area contributed by atoms with E-state index < -0.39 is 17.1 Å². The lowest BCUT2D eigenvalue weighted by atomic mass is 9.85. The Labute approximate surface area is 183 Å². The van der Waals surface area contributed by atoms with Gasteiger partial charge in [0.05, 0.1) is 6.54 Å². The van der Waals surface area contributed by atoms with Crippen molar-refractivity contribution in [2.45, 2.75) is 38.8 Å². The van der Waals surface area contributed by atoms with Gasteiger partial charge in [0.15, 0.2) is 5.65 Å². The lowest BCUT2D eigenvalue weighted by Gasteiger charge is -2.26. The molecule has 2 aromatic heterocycles. The van der Waals surface area contributed by atoms with Crippen molar-refractivity contribution in [3.05, 3.63) is 92.1 Å². The van der Waals surface area contributed by atoms with Crippen LogP contribution in [0, 0.1) is 11.7 Å². The van der Waals surface area contributed by atoms with Crippen molar-refractivity contribution in [1.82, 2.24) is 19.1 Å². The summed E-state index contributed by atoms with van der Waals surface area (Å²) < 4.78 is 16.9. The van der Waals surface area contributed by atoms with Crippen molar-refractivity contribution in [3.63, 3.8) is 0 Å². The van der Waals surface area contributed by atoms with Crippen molar-refractivity contribution >= 4 is 16.9 Å². The number of nitrogen functional groups attached to an aromatic ring is 1. The Balaban J connectivity index is 1.62. The first-order valence-corrected chi connectivity index (χ1v) is 10.8. The van der Waals surface area contributed by atoms with Crippen LogP contribution in [0.3, 0.4) is 0 Å². The molecule has 1 fully saturated rings. The van der Waals surface area contributed by atoms with Crippen LogP contribution in [0.1, 0.15) is 36.2 Å². The highest BCUT2D eigenvalue weighted by atomic mass is 19.1. The second-order valence-electron chi connectivity index (χ2n) is 8.47. The van der Waals surface area contributed by atoms with Crippen LogP contribution in [-0.2, 0) is 19.5 Å². The van der Waals surface area contributed by atoms with Crippen molar-refractivity contribution < 1.29 is 4.39 Å². The number of fused-ring (bicyclic) bond motifs is 1. The molecule has 7 nitrogen and oxygen atoms in total. The van der Waals surface area contributed by atoms with E-state index in [1.165, 1.54) is 6.07 Å². The molecular formula is C24H24FN5O2. The zero-order valence-electron chi connectivity index (χ0n) is 17.6. The summed E-state index contributed by atoms with van der Waals surface area (Å²) >= 11 is 0. The van der Waals surface area contributed by atoms with Gasteiger partial charge in [-0.15, -0.1) is 0 Å². The molecule has 3 N–H and O–H groups in total. The molecule has 8 heteroatoms. The molecule has 1 saturated carbocycles. The molecule has 0 spiro atoms. The Kier molecular flexibility index (Phi) is 5.13. The maximum atomic E-state index is 14.2. The fourth-order valence-electron chi connectivity index (χ4n) is 4.16. The van der Waals surface area contributed by atoms with E-state index in [0.29, 0.717) is 41.6 Å². The summed E-state index contributed by atoms with van der Waals surface area (Å²) in [6, 6.07) is 13.6. The van der Waals surface area contributed by atoms with Crippen LogP contribution in [0.25, 0.3) is 11.2 Å². The lowest BCUT2D eigenvalue weighted by molar-refractivity contribution is 0.273. The first kappa shape index (κ1) is 20.2. The summed E-state index contributed by atoms with van der Waals surface area (Å²) in [7, 11) is 0. The van der Waals surface area contributed by atoms with E-state index in [-0.39, 0.29) is 12.1 Å². The number of nitrogens with one attached hydrogen (secondary N) is 1. The molecule has 1 aliphatic carbocycles. The minimum atomic E-state index is -0.492. The Morgan fingerprint density at radius 2 is 1.81 bits per heavy atom. The number of anilines is 1. The lowest BCUT2D eigenvalue weighted by Crippen LogP contribution is -2.42. The SMILES string of the molecule is Nc1ccc(Cc2nc3c([nH]2)c(=O)n(Cc2ccccc2F)c(=O)n3CC2CCC2)cc1. The minimum Gasteiger partial charge on any atom is -0.399 e. The van der Waals surface area contributed by atoms with Crippen LogP contribution < -0.4 is 17.0 Å². The molecule has 0 unspecified atom stereocenters. The first-order chi connectivity index (χ1) is 15.5. The average molecular weight is 433 g/mol. The molecule has 4 aromatic rings. The molecular weight excluding hydrogens is 409 g/mol. The Hall–Kier alpha value is -3.68. The molecule has 0 aliphatic heterocycles. The van der Waals surface area contributed by atoms with Crippen LogP contribution in [-0.4, -0.2) is 19.1 Å². The van der Waals surface area contributed by atoms with Gasteiger partial charge in [-0.2, -0.15) is 0 Å². The third-order valence-electron chi connectivity index (χ3n) is 6.21. The quantitative estimate of drug-likeness (QED) is 0.457. The van der Waals surface area contributed by atoms with Gasteiger partial charge in [-0.1, -0.05) is 36.8 Å². The Morgan fingerprint density at radius 3 is 2.50 bits per heavy atom. The van der Waals surface area contributed by atoms with Crippen LogP contribution in [0.5, 0.6) is 0 Å². The van der Waals surface area contributed by atoms with E-state index in [0.717, 1.165) is 29.4 Å². The van der Waals surface area contributed by atoms with Crippen LogP contribution >= 0.6 is 0 Å². The molecule has 0 amide bonds. The Bertz CT molecular complexity index is 1400. The van der Waals surface area contributed by atoms with Gasteiger partial charge >= 0.3 is 5.69 Å². The summed E-state index contributed by atoms with van der Waals surface area (Å²) in [5.74, 6) is 0.526. The number of nitrogens with two attached hydrogens (primary N) is 1. The van der Waals surface area contributed by atoms with Crippen molar-refractivity contribution in [3.8, 4) is 0 Å². The van der Waals surface area contributed by atoms with Gasteiger partial charge in [0.1, 0.15) is 17.2 Å². The van der Waals surface area contributed by atoms with E-state index in [1.54, 1.807) is 22.8 Å². The Morgan fingerprint density at radius 1 is 1.06 bits per heavy atom. The highest BCUT2D eigenvalue weighted by molar-refractivity contribution is 5.70. The van der Waals surface area contributed by atoms with Crippen molar-refractivity contribution in [2.24, 2.45) is 5.92 Å². The van der Waals surface area contributed by atoms with E-state index in [4.69, 9.17) is 5.73 Å². The van der Waals surface area contributed by atoms with Gasteiger partial charge in [-0.3, -0.25) is 13.9 Å². The van der Waals surface area contributed by atoms with Gasteiger partial charge in [-0.25, -0.2) is 14.2 Å². The second-order valence-corrected chi connectivity index (χ2v) is 8.47. The first-order valence-electron chi connectivity index (χ1n) is 10.8. The number of imidazole rings is 1. The summed E-state index contributed by atoms with van der Waals surface area (Å²) in [4.78, 5) is 34.3. The number of H-pyrrole nitrogens is 1. The predicted molar refractivity (Wildman–Crippen MR) is 121 cm³/mol. The second kappa shape index (κ2) is 8.11. The molecule has 0 radical (unpaired) electrons. The predicted octanol–water partition coefficient (Wildman–Crippen LogP) is 3.05. The molecule has 0 saturated heterocycles. The van der Waals surface area contributed by atoms with Crippen molar-refractivity contribution in [2.75, 3.05) is 5.73 Å². The zero-order chi connectivity index (χ0) is 22.2. The smallest absolute Gasteiger partial charge is 0.333 e. The number of rotatable bonds is 6. The van der Waals surface area contributed by atoms with E-state index >= 15 is 0 Å². The van der Waals surface area contributed by atoms with Crippen LogP contribution in [0.2, 0.25) is 0 Å². The topological polar surface area (TPSA) is 98.7 Å². The summed E-state index contributed by atoms with van der Waals surface area (Å²) in [6.07, 6.45) is 3.70. The monoisotopic (exact) mass is 433 g/mol. The standard InChI is InChI=1S/C24H24FN5O2/c25-19-7-2-1-6-17(19)14-30-23(31)21-22(29(24(30)32)13-16-4-3-5-16)28-20(27-21)12-15-8-10-18(26)11-9-15/h1-2,6-11,16H,3-5,12-14,26H2,(H,27,28). The number of benzene rings is 2. The van der Waals surface area contributed by atoms with E-state index in [9.17, 15) is 14.0 Å². The number of aromatic amines is 1. The van der Waals surface area contributed by atoms with Gasteiger partial charge in [0.25, 0.3) is 5.56 Å².